The molecule has 0 spiro atoms. The average molecular weight is 497 g/mol. The van der Waals surface area contributed by atoms with Gasteiger partial charge in [0.1, 0.15) is 42.7 Å². The molecular formula is C20H36N2O12. The van der Waals surface area contributed by atoms with Gasteiger partial charge in [-0.25, -0.2) is 4.79 Å². The number of rotatable bonds is 11. The van der Waals surface area contributed by atoms with Crippen molar-refractivity contribution < 1.29 is 58.8 Å². The van der Waals surface area contributed by atoms with Gasteiger partial charge in [-0.15, -0.1) is 0 Å². The largest absolute Gasteiger partial charge is 0.479 e. The Morgan fingerprint density at radius 1 is 1.06 bits per heavy atom. The van der Waals surface area contributed by atoms with E-state index in [0.717, 1.165) is 0 Å². The van der Waals surface area contributed by atoms with Gasteiger partial charge in [0.25, 0.3) is 0 Å². The van der Waals surface area contributed by atoms with E-state index in [2.05, 4.69) is 5.32 Å². The van der Waals surface area contributed by atoms with Crippen LogP contribution in [0.1, 0.15) is 27.2 Å². The number of nitrogens with two attached hydrogens (primary N) is 1. The summed E-state index contributed by atoms with van der Waals surface area (Å²) >= 11 is 0. The summed E-state index contributed by atoms with van der Waals surface area (Å²) in [6, 6.07) is -2.33. The van der Waals surface area contributed by atoms with Crippen LogP contribution in [0.15, 0.2) is 0 Å². The van der Waals surface area contributed by atoms with Crippen LogP contribution in [0.2, 0.25) is 0 Å². The average Bonchev–Trinajstić information content (AvgIpc) is 2.79. The fourth-order valence-corrected chi connectivity index (χ4v) is 3.82. The zero-order valence-corrected chi connectivity index (χ0v) is 19.4. The molecule has 0 aromatic heterocycles. The van der Waals surface area contributed by atoms with Crippen molar-refractivity contribution in [1.29, 1.82) is 0 Å². The molecule has 2 saturated heterocycles. The van der Waals surface area contributed by atoms with Crippen LogP contribution < -0.4 is 11.1 Å². The van der Waals surface area contributed by atoms with Crippen molar-refractivity contribution in [2.75, 3.05) is 19.8 Å². The minimum Gasteiger partial charge on any atom is -0.479 e. The first-order valence-electron chi connectivity index (χ1n) is 11.1. The molecule has 0 aromatic carbocycles. The molecule has 11 atom stereocenters. The Hall–Kier alpha value is -1.46. The van der Waals surface area contributed by atoms with Crippen LogP contribution >= 0.6 is 0 Å². The molecule has 2 rings (SSSR count). The predicted molar refractivity (Wildman–Crippen MR) is 112 cm³/mol. The molecular weight excluding hydrogens is 460 g/mol. The monoisotopic (exact) mass is 496 g/mol. The Bertz CT molecular complexity index is 667. The van der Waals surface area contributed by atoms with Gasteiger partial charge in [-0.2, -0.15) is 0 Å². The van der Waals surface area contributed by atoms with E-state index in [1.807, 2.05) is 6.92 Å². The lowest BCUT2D eigenvalue weighted by Gasteiger charge is -2.49. The number of nitrogens with one attached hydrogen (secondary N) is 1. The van der Waals surface area contributed by atoms with Crippen molar-refractivity contribution >= 4 is 11.9 Å². The molecule has 8 N–H and O–H groups in total. The van der Waals surface area contributed by atoms with Crippen LogP contribution in [0.25, 0.3) is 0 Å². The van der Waals surface area contributed by atoms with Gasteiger partial charge in [0.05, 0.1) is 19.3 Å². The van der Waals surface area contributed by atoms with Gasteiger partial charge in [0.15, 0.2) is 18.7 Å². The van der Waals surface area contributed by atoms with Crippen LogP contribution in [0, 0.1) is 0 Å². The number of carbonyl (C=O) groups excluding carboxylic acids is 1. The highest BCUT2D eigenvalue weighted by Crippen LogP contribution is 2.31. The molecule has 0 aliphatic carbocycles. The molecule has 198 valence electrons. The summed E-state index contributed by atoms with van der Waals surface area (Å²) in [5.41, 5.74) is 5.96. The second-order valence-electron chi connectivity index (χ2n) is 8.29. The maximum absolute atomic E-state index is 11.9. The maximum atomic E-state index is 11.9. The van der Waals surface area contributed by atoms with Crippen molar-refractivity contribution in [2.45, 2.75) is 94.6 Å². The van der Waals surface area contributed by atoms with Crippen molar-refractivity contribution in [2.24, 2.45) is 5.73 Å². The first kappa shape index (κ1) is 28.8. The van der Waals surface area contributed by atoms with E-state index in [9.17, 15) is 35.1 Å². The molecule has 34 heavy (non-hydrogen) atoms. The number of carboxylic acid groups (broad SMARTS) is 1. The first-order chi connectivity index (χ1) is 16.0. The zero-order valence-electron chi connectivity index (χ0n) is 19.4. The molecule has 14 nitrogen and oxygen atoms in total. The number of hydrogen-bond acceptors (Lipinski definition) is 12. The van der Waals surface area contributed by atoms with Crippen molar-refractivity contribution in [3.63, 3.8) is 0 Å². The highest BCUT2D eigenvalue weighted by atomic mass is 16.7. The standard InChI is InChI=1S/C20H36N2O12/c1-4-5-30-20-13(22-9(3)25)17(31-8(2)18(28)29)16(11(7-24)33-20)34-19-12(21)15(27)14(26)10(6-23)32-19/h8,10-17,19-20,23-24,26-27H,4-7,21H2,1-3H3,(H,22,25)(H,28,29)/t8-,10-,11-,12-,13-,14-,15-,16-,17-,19+,20+/m1/s1. The molecule has 0 radical (unpaired) electrons. The van der Waals surface area contributed by atoms with Gasteiger partial charge in [-0.1, -0.05) is 6.92 Å². The maximum Gasteiger partial charge on any atom is 0.332 e. The van der Waals surface area contributed by atoms with Gasteiger partial charge >= 0.3 is 5.97 Å². The third kappa shape index (κ3) is 6.81. The molecule has 0 bridgehead atoms. The second kappa shape index (κ2) is 13.0. The summed E-state index contributed by atoms with van der Waals surface area (Å²) in [5.74, 6) is -1.77. The fourth-order valence-electron chi connectivity index (χ4n) is 3.82. The third-order valence-electron chi connectivity index (χ3n) is 5.61. The molecule has 0 aromatic rings. The molecule has 2 heterocycles. The summed E-state index contributed by atoms with van der Waals surface area (Å²) in [7, 11) is 0. The Morgan fingerprint density at radius 2 is 1.68 bits per heavy atom. The fraction of sp³-hybridized carbons (Fsp3) is 0.900. The molecule has 0 unspecified atom stereocenters. The number of aliphatic hydroxyl groups is 4. The lowest BCUT2D eigenvalue weighted by molar-refractivity contribution is -0.336. The highest BCUT2D eigenvalue weighted by molar-refractivity contribution is 5.73. The number of carboxylic acids is 1. The van der Waals surface area contributed by atoms with Gasteiger partial charge < -0.3 is 60.3 Å². The Labute approximate surface area is 196 Å². The van der Waals surface area contributed by atoms with E-state index in [-0.39, 0.29) is 6.61 Å². The van der Waals surface area contributed by atoms with Crippen LogP contribution in [-0.2, 0) is 33.3 Å². The number of amides is 1. The lowest BCUT2D eigenvalue weighted by atomic mass is 9.94. The topological polar surface area (TPSA) is 219 Å². The summed E-state index contributed by atoms with van der Waals surface area (Å²) in [6.07, 6.45) is -11.1. The third-order valence-corrected chi connectivity index (χ3v) is 5.61. The minimum atomic E-state index is -1.52. The van der Waals surface area contributed by atoms with Crippen molar-refractivity contribution in [1.82, 2.24) is 5.32 Å². The smallest absolute Gasteiger partial charge is 0.332 e. The van der Waals surface area contributed by atoms with Crippen LogP contribution in [0.4, 0.5) is 0 Å². The summed E-state index contributed by atoms with van der Waals surface area (Å²) in [5, 5.41) is 51.8. The normalized spacial score (nSPS) is 39.4. The predicted octanol–water partition coefficient (Wildman–Crippen LogP) is -3.36. The highest BCUT2D eigenvalue weighted by Gasteiger charge is 2.52. The van der Waals surface area contributed by atoms with Crippen LogP contribution in [0.5, 0.6) is 0 Å². The van der Waals surface area contributed by atoms with Gasteiger partial charge in [-0.05, 0) is 13.3 Å². The molecule has 1 amide bonds. The molecule has 2 fully saturated rings. The van der Waals surface area contributed by atoms with E-state index in [0.29, 0.717) is 6.42 Å². The van der Waals surface area contributed by atoms with Gasteiger partial charge in [-0.3, -0.25) is 4.79 Å². The van der Waals surface area contributed by atoms with E-state index in [1.54, 1.807) is 0 Å². The summed E-state index contributed by atoms with van der Waals surface area (Å²) in [4.78, 5) is 23.5. The Morgan fingerprint density at radius 3 is 2.21 bits per heavy atom. The molecule has 2 aliphatic heterocycles. The van der Waals surface area contributed by atoms with Crippen molar-refractivity contribution in [3.05, 3.63) is 0 Å². The Kier molecular flexibility index (Phi) is 11.0. The number of aliphatic carboxylic acids is 1. The summed E-state index contributed by atoms with van der Waals surface area (Å²) < 4.78 is 28.6. The van der Waals surface area contributed by atoms with Crippen molar-refractivity contribution in [3.8, 4) is 0 Å². The van der Waals surface area contributed by atoms with E-state index >= 15 is 0 Å². The van der Waals surface area contributed by atoms with Crippen LogP contribution in [-0.4, -0.2) is 125 Å². The van der Waals surface area contributed by atoms with Gasteiger partial charge in [0, 0.05) is 13.5 Å². The lowest BCUT2D eigenvalue weighted by Crippen LogP contribution is -2.69. The quantitative estimate of drug-likeness (QED) is 0.149. The molecule has 14 heteroatoms. The van der Waals surface area contributed by atoms with E-state index in [4.69, 9.17) is 29.4 Å². The minimum absolute atomic E-state index is 0.241. The zero-order chi connectivity index (χ0) is 25.6. The number of aliphatic hydroxyl groups excluding tert-OH is 4. The SMILES string of the molecule is CCCO[C@H]1O[C@H](CO)[C@@H](O[C@@H]2O[C@H](CO)[C@@H](O)[C@H](O)[C@H]2N)[C@H](O[C@H](C)C(=O)O)[C@H]1NC(C)=O. The van der Waals surface area contributed by atoms with E-state index < -0.39 is 92.5 Å². The number of hydrogen-bond donors (Lipinski definition) is 7. The molecule has 2 aliphatic rings. The summed E-state index contributed by atoms with van der Waals surface area (Å²) in [6.45, 7) is 3.36. The molecule has 0 saturated carbocycles. The number of ether oxygens (including phenoxy) is 5. The second-order valence-corrected chi connectivity index (χ2v) is 8.29. The van der Waals surface area contributed by atoms with Crippen LogP contribution in [0.3, 0.4) is 0 Å². The number of carbonyl (C=O) groups is 2. The first-order valence-corrected chi connectivity index (χ1v) is 11.1. The van der Waals surface area contributed by atoms with Gasteiger partial charge in [0.2, 0.25) is 5.91 Å². The van der Waals surface area contributed by atoms with E-state index in [1.165, 1.54) is 13.8 Å². The Balaban J connectivity index is 2.41.